The summed E-state index contributed by atoms with van der Waals surface area (Å²) >= 11 is 0. The average molecular weight is 319 g/mol. The van der Waals surface area contributed by atoms with Crippen molar-refractivity contribution >= 4 is 10.0 Å². The number of piperidine rings is 1. The highest BCUT2D eigenvalue weighted by Gasteiger charge is 2.27. The Morgan fingerprint density at radius 1 is 1.14 bits per heavy atom. The van der Waals surface area contributed by atoms with Gasteiger partial charge in [-0.3, -0.25) is 4.98 Å². The highest BCUT2D eigenvalue weighted by Crippen LogP contribution is 2.27. The summed E-state index contributed by atoms with van der Waals surface area (Å²) in [5.41, 5.74) is 2.32. The van der Waals surface area contributed by atoms with E-state index in [4.69, 9.17) is 0 Å². The van der Waals surface area contributed by atoms with Crippen LogP contribution in [-0.2, 0) is 10.0 Å². The topological polar surface area (TPSA) is 88.9 Å². The Balaban J connectivity index is 1.86. The Hall–Kier alpha value is -1.93. The largest absolute Gasteiger partial charge is 0.261 e. The molecule has 0 saturated carbocycles. The summed E-state index contributed by atoms with van der Waals surface area (Å²) < 4.78 is 25.0. The molecular formula is C14H17N5O2S. The fraction of sp³-hybridized carbons (Fsp3) is 0.429. The van der Waals surface area contributed by atoms with E-state index >= 15 is 0 Å². The minimum absolute atomic E-state index is 0.0700. The van der Waals surface area contributed by atoms with Crippen molar-refractivity contribution in [1.29, 1.82) is 0 Å². The Kier molecular flexibility index (Phi) is 4.12. The normalized spacial score (nSPS) is 20.0. The number of rotatable bonds is 3. The molecule has 3 heterocycles. The lowest BCUT2D eigenvalue weighted by atomic mass is 9.96. The highest BCUT2D eigenvalue weighted by molar-refractivity contribution is 7.88. The zero-order valence-corrected chi connectivity index (χ0v) is 13.1. The first kappa shape index (κ1) is 15.0. The molecule has 8 heteroatoms. The fourth-order valence-corrected chi connectivity index (χ4v) is 3.54. The van der Waals surface area contributed by atoms with Gasteiger partial charge in [0.2, 0.25) is 10.0 Å². The lowest BCUT2D eigenvalue weighted by Crippen LogP contribution is -2.38. The number of sulfonamides is 1. The summed E-state index contributed by atoms with van der Waals surface area (Å²) in [6.07, 6.45) is 11.2. The summed E-state index contributed by atoms with van der Waals surface area (Å²) in [5, 5.41) is 0. The van der Waals surface area contributed by atoms with Crippen molar-refractivity contribution in [3.05, 3.63) is 36.8 Å². The van der Waals surface area contributed by atoms with E-state index in [1.807, 2.05) is 0 Å². The van der Waals surface area contributed by atoms with Gasteiger partial charge >= 0.3 is 0 Å². The maximum absolute atomic E-state index is 11.7. The standard InChI is InChI=1S/C14H17N5O2S/c1-22(20,21)19-4-2-3-11(9-19)13-7-15-8-14(18-13)12-5-16-10-17-6-12/h5-8,10-11H,2-4,9H2,1H3/t11-/m1/s1. The summed E-state index contributed by atoms with van der Waals surface area (Å²) in [6.45, 7) is 1.04. The van der Waals surface area contributed by atoms with Crippen LogP contribution in [0.3, 0.4) is 0 Å². The van der Waals surface area contributed by atoms with Crippen LogP contribution >= 0.6 is 0 Å². The van der Waals surface area contributed by atoms with Gasteiger partial charge in [-0.05, 0) is 12.8 Å². The van der Waals surface area contributed by atoms with Crippen molar-refractivity contribution in [2.75, 3.05) is 19.3 Å². The third kappa shape index (κ3) is 3.28. The molecule has 3 rings (SSSR count). The molecule has 0 aliphatic carbocycles. The van der Waals surface area contributed by atoms with Crippen LogP contribution in [0.25, 0.3) is 11.3 Å². The monoisotopic (exact) mass is 319 g/mol. The number of nitrogens with zero attached hydrogens (tertiary/aromatic N) is 5. The number of hydrogen-bond donors (Lipinski definition) is 0. The van der Waals surface area contributed by atoms with E-state index in [-0.39, 0.29) is 5.92 Å². The smallest absolute Gasteiger partial charge is 0.211 e. The van der Waals surface area contributed by atoms with Crippen LogP contribution in [0.1, 0.15) is 24.5 Å². The quantitative estimate of drug-likeness (QED) is 0.841. The molecule has 1 atom stereocenters. The van der Waals surface area contributed by atoms with E-state index in [9.17, 15) is 8.42 Å². The average Bonchev–Trinajstić information content (AvgIpc) is 2.55. The Morgan fingerprint density at radius 2 is 1.91 bits per heavy atom. The van der Waals surface area contributed by atoms with Gasteiger partial charge in [0.1, 0.15) is 6.33 Å². The molecule has 0 amide bonds. The molecule has 0 radical (unpaired) electrons. The fourth-order valence-electron chi connectivity index (χ4n) is 2.63. The molecule has 0 spiro atoms. The first-order valence-electron chi connectivity index (χ1n) is 7.06. The molecule has 0 bridgehead atoms. The van der Waals surface area contributed by atoms with Gasteiger partial charge < -0.3 is 0 Å². The van der Waals surface area contributed by atoms with Crippen molar-refractivity contribution < 1.29 is 8.42 Å². The molecule has 1 saturated heterocycles. The molecule has 0 unspecified atom stereocenters. The minimum atomic E-state index is -3.16. The summed E-state index contributed by atoms with van der Waals surface area (Å²) in [6, 6.07) is 0. The molecule has 1 aliphatic heterocycles. The summed E-state index contributed by atoms with van der Waals surface area (Å²) in [7, 11) is -3.16. The van der Waals surface area contributed by atoms with Crippen molar-refractivity contribution in [2.45, 2.75) is 18.8 Å². The van der Waals surface area contributed by atoms with Crippen LogP contribution in [0.2, 0.25) is 0 Å². The molecule has 2 aromatic heterocycles. The molecule has 0 N–H and O–H groups in total. The van der Waals surface area contributed by atoms with Crippen molar-refractivity contribution in [1.82, 2.24) is 24.2 Å². The second-order valence-corrected chi connectivity index (χ2v) is 7.40. The summed E-state index contributed by atoms with van der Waals surface area (Å²) in [4.78, 5) is 16.8. The third-order valence-corrected chi connectivity index (χ3v) is 5.05. The van der Waals surface area contributed by atoms with Crippen molar-refractivity contribution in [2.24, 2.45) is 0 Å². The van der Waals surface area contributed by atoms with E-state index < -0.39 is 10.0 Å². The first-order valence-corrected chi connectivity index (χ1v) is 8.91. The molecule has 116 valence electrons. The van der Waals surface area contributed by atoms with E-state index in [0.717, 1.165) is 24.1 Å². The highest BCUT2D eigenvalue weighted by atomic mass is 32.2. The van der Waals surface area contributed by atoms with Gasteiger partial charge in [-0.2, -0.15) is 0 Å². The van der Waals surface area contributed by atoms with Gasteiger partial charge in [0, 0.05) is 43.2 Å². The molecular weight excluding hydrogens is 302 g/mol. The first-order chi connectivity index (χ1) is 10.5. The zero-order chi connectivity index (χ0) is 15.6. The van der Waals surface area contributed by atoms with Gasteiger partial charge in [0.25, 0.3) is 0 Å². The molecule has 1 aliphatic rings. The van der Waals surface area contributed by atoms with Gasteiger partial charge in [0.15, 0.2) is 0 Å². The second-order valence-electron chi connectivity index (χ2n) is 5.42. The Bertz CT molecular complexity index is 751. The summed E-state index contributed by atoms with van der Waals surface area (Å²) in [5.74, 6) is 0.0700. The van der Waals surface area contributed by atoms with E-state index in [0.29, 0.717) is 18.8 Å². The molecule has 7 nitrogen and oxygen atoms in total. The van der Waals surface area contributed by atoms with E-state index in [1.54, 1.807) is 24.8 Å². The van der Waals surface area contributed by atoms with E-state index in [2.05, 4.69) is 19.9 Å². The van der Waals surface area contributed by atoms with Crippen LogP contribution in [0.4, 0.5) is 0 Å². The molecule has 22 heavy (non-hydrogen) atoms. The third-order valence-electron chi connectivity index (χ3n) is 3.78. The number of hydrogen-bond acceptors (Lipinski definition) is 6. The van der Waals surface area contributed by atoms with Crippen molar-refractivity contribution in [3.63, 3.8) is 0 Å². The van der Waals surface area contributed by atoms with Gasteiger partial charge in [0.05, 0.1) is 23.8 Å². The Morgan fingerprint density at radius 3 is 2.64 bits per heavy atom. The van der Waals surface area contributed by atoms with Crippen LogP contribution in [-0.4, -0.2) is 52.0 Å². The van der Waals surface area contributed by atoms with Crippen LogP contribution in [0, 0.1) is 0 Å². The van der Waals surface area contributed by atoms with Gasteiger partial charge in [-0.15, -0.1) is 0 Å². The Labute approximate surface area is 129 Å². The lowest BCUT2D eigenvalue weighted by Gasteiger charge is -2.30. The van der Waals surface area contributed by atoms with Crippen LogP contribution in [0.5, 0.6) is 0 Å². The predicted molar refractivity (Wildman–Crippen MR) is 81.4 cm³/mol. The SMILES string of the molecule is CS(=O)(=O)N1CCC[C@@H](c2cncc(-c3cncnc3)n2)C1. The van der Waals surface area contributed by atoms with Crippen LogP contribution < -0.4 is 0 Å². The predicted octanol–water partition coefficient (Wildman–Crippen LogP) is 1.07. The van der Waals surface area contributed by atoms with E-state index in [1.165, 1.54) is 16.9 Å². The molecule has 1 fully saturated rings. The van der Waals surface area contributed by atoms with Crippen molar-refractivity contribution in [3.8, 4) is 11.3 Å². The molecule has 2 aromatic rings. The maximum Gasteiger partial charge on any atom is 0.211 e. The van der Waals surface area contributed by atoms with Crippen LogP contribution in [0.15, 0.2) is 31.1 Å². The second kappa shape index (κ2) is 6.05. The minimum Gasteiger partial charge on any atom is -0.261 e. The van der Waals surface area contributed by atoms with Gasteiger partial charge in [-0.1, -0.05) is 0 Å². The lowest BCUT2D eigenvalue weighted by molar-refractivity contribution is 0.314. The number of aromatic nitrogens is 4. The van der Waals surface area contributed by atoms with Gasteiger partial charge in [-0.25, -0.2) is 27.7 Å². The molecule has 0 aromatic carbocycles. The maximum atomic E-state index is 11.7. The zero-order valence-electron chi connectivity index (χ0n) is 12.3.